The number of benzene rings is 2. The first-order chi connectivity index (χ1) is 12.9. The predicted molar refractivity (Wildman–Crippen MR) is 103 cm³/mol. The second-order valence-corrected chi connectivity index (χ2v) is 7.16. The standard InChI is InChI=1S/C21H22ClNO4/c1-13-10-16(22)11-14(2)19(13)26-12-18(24)27-20(15-6-4-3-5-7-15)21(25)23-17-8-9-17/h3-7,10-11,17,20H,8-9,12H2,1-2H3,(H,23,25)/t20-/m0/s1. The highest BCUT2D eigenvalue weighted by Gasteiger charge is 2.30. The maximum Gasteiger partial charge on any atom is 0.345 e. The van der Waals surface area contributed by atoms with Gasteiger partial charge >= 0.3 is 5.97 Å². The molecule has 0 saturated heterocycles. The van der Waals surface area contributed by atoms with Crippen molar-refractivity contribution in [3.8, 4) is 5.75 Å². The number of hydrogen-bond donors (Lipinski definition) is 1. The van der Waals surface area contributed by atoms with E-state index in [1.54, 1.807) is 36.4 Å². The van der Waals surface area contributed by atoms with E-state index < -0.39 is 12.1 Å². The predicted octanol–water partition coefficient (Wildman–Crippen LogP) is 3.90. The van der Waals surface area contributed by atoms with E-state index in [-0.39, 0.29) is 18.6 Å². The van der Waals surface area contributed by atoms with Crippen molar-refractivity contribution in [2.75, 3.05) is 6.61 Å². The Kier molecular flexibility index (Phi) is 6.01. The lowest BCUT2D eigenvalue weighted by molar-refractivity contribution is -0.158. The zero-order valence-corrected chi connectivity index (χ0v) is 16.1. The Hall–Kier alpha value is -2.53. The fourth-order valence-electron chi connectivity index (χ4n) is 2.83. The third kappa shape index (κ3) is 5.23. The van der Waals surface area contributed by atoms with Crippen molar-refractivity contribution in [3.63, 3.8) is 0 Å². The first-order valence-electron chi connectivity index (χ1n) is 8.88. The summed E-state index contributed by atoms with van der Waals surface area (Å²) in [5.74, 6) is -0.325. The molecule has 0 spiro atoms. The molecule has 1 fully saturated rings. The molecule has 0 radical (unpaired) electrons. The molecule has 6 heteroatoms. The van der Waals surface area contributed by atoms with Crippen LogP contribution in [-0.4, -0.2) is 24.5 Å². The van der Waals surface area contributed by atoms with Crippen LogP contribution in [0.2, 0.25) is 5.02 Å². The molecule has 1 saturated carbocycles. The number of ether oxygens (including phenoxy) is 2. The minimum atomic E-state index is -0.990. The molecule has 1 aliphatic carbocycles. The van der Waals surface area contributed by atoms with Crippen molar-refractivity contribution in [1.82, 2.24) is 5.32 Å². The van der Waals surface area contributed by atoms with E-state index in [9.17, 15) is 9.59 Å². The van der Waals surface area contributed by atoms with E-state index in [1.165, 1.54) is 0 Å². The minimum absolute atomic E-state index is 0.179. The zero-order chi connectivity index (χ0) is 19.4. The van der Waals surface area contributed by atoms with Crippen molar-refractivity contribution in [1.29, 1.82) is 0 Å². The first kappa shape index (κ1) is 19.2. The number of amides is 1. The number of esters is 1. The summed E-state index contributed by atoms with van der Waals surface area (Å²) >= 11 is 6.01. The van der Waals surface area contributed by atoms with Gasteiger partial charge in [-0.2, -0.15) is 0 Å². The van der Waals surface area contributed by atoms with Crippen LogP contribution in [0.3, 0.4) is 0 Å². The minimum Gasteiger partial charge on any atom is -0.481 e. The van der Waals surface area contributed by atoms with Gasteiger partial charge in [-0.15, -0.1) is 0 Å². The highest BCUT2D eigenvalue weighted by molar-refractivity contribution is 6.30. The molecule has 0 unspecified atom stereocenters. The van der Waals surface area contributed by atoms with Crippen molar-refractivity contribution in [2.45, 2.75) is 38.8 Å². The third-order valence-corrected chi connectivity index (χ3v) is 4.49. The molecule has 2 aromatic rings. The molecule has 0 heterocycles. The number of hydrogen-bond acceptors (Lipinski definition) is 4. The Morgan fingerprint density at radius 1 is 1.15 bits per heavy atom. The summed E-state index contributed by atoms with van der Waals surface area (Å²) in [5.41, 5.74) is 2.29. The fraction of sp³-hybridized carbons (Fsp3) is 0.333. The molecular weight excluding hydrogens is 366 g/mol. The van der Waals surface area contributed by atoms with Gasteiger partial charge in [-0.3, -0.25) is 4.79 Å². The molecule has 1 amide bonds. The molecule has 3 rings (SSSR count). The quantitative estimate of drug-likeness (QED) is 0.732. The van der Waals surface area contributed by atoms with Gasteiger partial charge in [-0.1, -0.05) is 41.9 Å². The number of rotatable bonds is 7. The molecule has 0 aliphatic heterocycles. The van der Waals surface area contributed by atoms with Crippen LogP contribution in [0.25, 0.3) is 0 Å². The van der Waals surface area contributed by atoms with Gasteiger partial charge in [0.25, 0.3) is 5.91 Å². The molecule has 0 aromatic heterocycles. The van der Waals surface area contributed by atoms with Crippen LogP contribution in [0.15, 0.2) is 42.5 Å². The van der Waals surface area contributed by atoms with Crippen LogP contribution in [0.5, 0.6) is 5.75 Å². The van der Waals surface area contributed by atoms with Gasteiger partial charge in [0.1, 0.15) is 5.75 Å². The summed E-state index contributed by atoms with van der Waals surface area (Å²) < 4.78 is 11.1. The van der Waals surface area contributed by atoms with Gasteiger partial charge in [0.2, 0.25) is 6.10 Å². The summed E-state index contributed by atoms with van der Waals surface area (Å²) in [6.45, 7) is 3.42. The van der Waals surface area contributed by atoms with Crippen LogP contribution in [0.4, 0.5) is 0 Å². The van der Waals surface area contributed by atoms with E-state index in [1.807, 2.05) is 19.9 Å². The molecule has 27 heavy (non-hydrogen) atoms. The second kappa shape index (κ2) is 8.44. The van der Waals surface area contributed by atoms with E-state index in [2.05, 4.69) is 5.32 Å². The van der Waals surface area contributed by atoms with Crippen molar-refractivity contribution in [2.24, 2.45) is 0 Å². The van der Waals surface area contributed by atoms with Crippen LogP contribution in [0.1, 0.15) is 35.6 Å². The number of nitrogens with one attached hydrogen (secondary N) is 1. The Bertz CT molecular complexity index is 810. The highest BCUT2D eigenvalue weighted by Crippen LogP contribution is 2.27. The van der Waals surface area contributed by atoms with Gasteiger partial charge in [-0.05, 0) is 49.9 Å². The Morgan fingerprint density at radius 2 is 1.78 bits per heavy atom. The average Bonchev–Trinajstić information content (AvgIpc) is 3.43. The Balaban J connectivity index is 1.66. The number of carbonyl (C=O) groups excluding carboxylic acids is 2. The second-order valence-electron chi connectivity index (χ2n) is 6.72. The summed E-state index contributed by atoms with van der Waals surface area (Å²) in [7, 11) is 0. The monoisotopic (exact) mass is 387 g/mol. The van der Waals surface area contributed by atoms with Crippen molar-refractivity contribution < 1.29 is 19.1 Å². The molecule has 142 valence electrons. The SMILES string of the molecule is Cc1cc(Cl)cc(C)c1OCC(=O)O[C@H](C(=O)NC1CC1)c1ccccc1. The Labute approximate surface area is 163 Å². The van der Waals surface area contributed by atoms with E-state index >= 15 is 0 Å². The largest absolute Gasteiger partial charge is 0.481 e. The van der Waals surface area contributed by atoms with Crippen LogP contribution in [-0.2, 0) is 14.3 Å². The average molecular weight is 388 g/mol. The van der Waals surface area contributed by atoms with E-state index in [0.717, 1.165) is 24.0 Å². The molecule has 1 aliphatic rings. The summed E-state index contributed by atoms with van der Waals surface area (Å²) in [5, 5.41) is 3.50. The molecular formula is C21H22ClNO4. The van der Waals surface area contributed by atoms with Crippen LogP contribution >= 0.6 is 11.6 Å². The summed E-state index contributed by atoms with van der Waals surface area (Å²) in [4.78, 5) is 24.8. The van der Waals surface area contributed by atoms with Gasteiger partial charge in [-0.25, -0.2) is 4.79 Å². The molecule has 5 nitrogen and oxygen atoms in total. The smallest absolute Gasteiger partial charge is 0.345 e. The fourth-order valence-corrected chi connectivity index (χ4v) is 3.15. The molecule has 2 aromatic carbocycles. The van der Waals surface area contributed by atoms with Crippen molar-refractivity contribution >= 4 is 23.5 Å². The lowest BCUT2D eigenvalue weighted by Gasteiger charge is -2.19. The molecule has 1 atom stereocenters. The summed E-state index contributed by atoms with van der Waals surface area (Å²) in [6, 6.07) is 12.7. The molecule has 0 bridgehead atoms. The first-order valence-corrected chi connectivity index (χ1v) is 9.26. The van der Waals surface area contributed by atoms with Crippen LogP contribution in [0, 0.1) is 13.8 Å². The summed E-state index contributed by atoms with van der Waals surface area (Å²) in [6.07, 6.45) is 0.925. The van der Waals surface area contributed by atoms with E-state index in [0.29, 0.717) is 16.3 Å². The molecule has 1 N–H and O–H groups in total. The maximum absolute atomic E-state index is 12.5. The maximum atomic E-state index is 12.5. The van der Waals surface area contributed by atoms with Gasteiger partial charge < -0.3 is 14.8 Å². The van der Waals surface area contributed by atoms with Crippen molar-refractivity contribution in [3.05, 3.63) is 64.2 Å². The van der Waals surface area contributed by atoms with Crippen LogP contribution < -0.4 is 10.1 Å². The van der Waals surface area contributed by atoms with Gasteiger partial charge in [0, 0.05) is 16.6 Å². The number of aryl methyl sites for hydroxylation is 2. The lowest BCUT2D eigenvalue weighted by atomic mass is 10.1. The number of halogens is 1. The lowest BCUT2D eigenvalue weighted by Crippen LogP contribution is -2.34. The van der Waals surface area contributed by atoms with Gasteiger partial charge in [0.15, 0.2) is 6.61 Å². The Morgan fingerprint density at radius 3 is 2.37 bits per heavy atom. The normalized spacial score (nSPS) is 14.3. The topological polar surface area (TPSA) is 64.6 Å². The third-order valence-electron chi connectivity index (χ3n) is 4.27. The highest BCUT2D eigenvalue weighted by atomic mass is 35.5. The zero-order valence-electron chi connectivity index (χ0n) is 15.3. The van der Waals surface area contributed by atoms with E-state index in [4.69, 9.17) is 21.1 Å². The number of carbonyl (C=O) groups is 2. The van der Waals surface area contributed by atoms with Gasteiger partial charge in [0.05, 0.1) is 0 Å².